The smallest absolute Gasteiger partial charge is 0.0987 e. The van der Waals surface area contributed by atoms with Gasteiger partial charge in [0.2, 0.25) is 0 Å². The molecule has 0 aliphatic rings. The Hall–Kier alpha value is -0.970. The Kier molecular flexibility index (Phi) is 3.76. The van der Waals surface area contributed by atoms with Gasteiger partial charge in [0.05, 0.1) is 17.3 Å². The number of nitrogens with zero attached hydrogens (tertiary/aromatic N) is 2. The van der Waals surface area contributed by atoms with Crippen molar-refractivity contribution in [3.05, 3.63) is 40.5 Å². The second-order valence-electron chi connectivity index (χ2n) is 3.76. The van der Waals surface area contributed by atoms with E-state index in [0.29, 0.717) is 5.02 Å². The zero-order valence-electron chi connectivity index (χ0n) is 9.64. The average Bonchev–Trinajstić information content (AvgIpc) is 2.60. The van der Waals surface area contributed by atoms with Crippen LogP contribution in [-0.2, 0) is 13.7 Å². The molecule has 0 amide bonds. The Morgan fingerprint density at radius 2 is 2.18 bits per heavy atom. The first-order chi connectivity index (χ1) is 8.10. The summed E-state index contributed by atoms with van der Waals surface area (Å²) in [5, 5.41) is 15.3. The molecule has 0 aliphatic carbocycles. The fourth-order valence-electron chi connectivity index (χ4n) is 1.57. The Balaban J connectivity index is 2.32. The number of benzene rings is 1. The van der Waals surface area contributed by atoms with Gasteiger partial charge in [-0.05, 0) is 36.8 Å². The number of aryl methyl sites for hydroxylation is 2. The number of hydrogen-bond acceptors (Lipinski definition) is 3. The summed E-state index contributed by atoms with van der Waals surface area (Å²) in [6.07, 6.45) is 0. The highest BCUT2D eigenvalue weighted by molar-refractivity contribution is 7.99. The van der Waals surface area contributed by atoms with Crippen molar-refractivity contribution in [2.24, 2.45) is 7.05 Å². The molecule has 2 aromatic rings. The van der Waals surface area contributed by atoms with Crippen molar-refractivity contribution in [3.63, 3.8) is 0 Å². The molecule has 0 saturated carbocycles. The van der Waals surface area contributed by atoms with Crippen LogP contribution in [0.4, 0.5) is 0 Å². The van der Waals surface area contributed by atoms with E-state index >= 15 is 0 Å². The van der Waals surface area contributed by atoms with Gasteiger partial charge in [-0.3, -0.25) is 4.68 Å². The lowest BCUT2D eigenvalue weighted by Crippen LogP contribution is -1.93. The molecule has 90 valence electrons. The Bertz CT molecular complexity index is 539. The second-order valence-corrected chi connectivity index (χ2v) is 5.26. The van der Waals surface area contributed by atoms with Gasteiger partial charge in [-0.25, -0.2) is 0 Å². The summed E-state index contributed by atoms with van der Waals surface area (Å²) in [6.45, 7) is 1.94. The normalized spacial score (nSPS) is 10.8. The van der Waals surface area contributed by atoms with E-state index in [1.807, 2.05) is 36.9 Å². The van der Waals surface area contributed by atoms with Crippen LogP contribution in [0.2, 0.25) is 5.02 Å². The molecule has 0 unspecified atom stereocenters. The molecular weight excluding hydrogens is 256 g/mol. The molecule has 1 aromatic heterocycles. The molecule has 0 fully saturated rings. The third-order valence-corrected chi connectivity index (χ3v) is 3.81. The van der Waals surface area contributed by atoms with E-state index in [0.717, 1.165) is 21.2 Å². The topological polar surface area (TPSA) is 38.0 Å². The fraction of sp³-hybridized carbons (Fsp3) is 0.250. The standard InChI is InChI=1S/C12H13ClN2OS/c1-8-5-12(15(2)14-8)17-11-4-3-10(13)6-9(11)7-16/h3-6,16H,7H2,1-2H3. The molecule has 5 heteroatoms. The molecule has 1 aromatic carbocycles. The zero-order chi connectivity index (χ0) is 12.4. The van der Waals surface area contributed by atoms with E-state index in [2.05, 4.69) is 5.10 Å². The van der Waals surface area contributed by atoms with Crippen molar-refractivity contribution in [1.29, 1.82) is 0 Å². The van der Waals surface area contributed by atoms with E-state index in [4.69, 9.17) is 11.6 Å². The molecule has 3 nitrogen and oxygen atoms in total. The van der Waals surface area contributed by atoms with Crippen molar-refractivity contribution in [3.8, 4) is 0 Å². The maximum absolute atomic E-state index is 9.30. The molecule has 0 saturated heterocycles. The van der Waals surface area contributed by atoms with Gasteiger partial charge in [0, 0.05) is 17.0 Å². The first kappa shape index (κ1) is 12.5. The highest BCUT2D eigenvalue weighted by Crippen LogP contribution is 2.32. The van der Waals surface area contributed by atoms with Crippen LogP contribution in [0.1, 0.15) is 11.3 Å². The van der Waals surface area contributed by atoms with Gasteiger partial charge in [-0.2, -0.15) is 5.10 Å². The van der Waals surface area contributed by atoms with Crippen LogP contribution in [0.5, 0.6) is 0 Å². The maximum atomic E-state index is 9.30. The van der Waals surface area contributed by atoms with Crippen molar-refractivity contribution in [1.82, 2.24) is 9.78 Å². The van der Waals surface area contributed by atoms with Gasteiger partial charge in [0.25, 0.3) is 0 Å². The van der Waals surface area contributed by atoms with E-state index < -0.39 is 0 Å². The molecule has 0 bridgehead atoms. The predicted octanol–water partition coefficient (Wildman–Crippen LogP) is 3.03. The molecule has 0 atom stereocenters. The number of halogens is 1. The Morgan fingerprint density at radius 3 is 2.76 bits per heavy atom. The van der Waals surface area contributed by atoms with Crippen LogP contribution in [0.25, 0.3) is 0 Å². The van der Waals surface area contributed by atoms with Crippen LogP contribution >= 0.6 is 23.4 Å². The Labute approximate surface area is 109 Å². The summed E-state index contributed by atoms with van der Waals surface area (Å²) in [6, 6.07) is 7.54. The van der Waals surface area contributed by atoms with Crippen LogP contribution in [0.15, 0.2) is 34.2 Å². The van der Waals surface area contributed by atoms with E-state index in [-0.39, 0.29) is 6.61 Å². The van der Waals surface area contributed by atoms with Gasteiger partial charge in [0.1, 0.15) is 0 Å². The predicted molar refractivity (Wildman–Crippen MR) is 69.4 cm³/mol. The van der Waals surface area contributed by atoms with Crippen LogP contribution in [0, 0.1) is 6.92 Å². The summed E-state index contributed by atoms with van der Waals surface area (Å²) in [4.78, 5) is 1.000. The first-order valence-corrected chi connectivity index (χ1v) is 6.37. The van der Waals surface area contributed by atoms with Gasteiger partial charge < -0.3 is 5.11 Å². The monoisotopic (exact) mass is 268 g/mol. The molecule has 2 rings (SSSR count). The third-order valence-electron chi connectivity index (χ3n) is 2.37. The van der Waals surface area contributed by atoms with Crippen molar-refractivity contribution >= 4 is 23.4 Å². The first-order valence-electron chi connectivity index (χ1n) is 5.18. The SMILES string of the molecule is Cc1cc(Sc2ccc(Cl)cc2CO)n(C)n1. The van der Waals surface area contributed by atoms with E-state index in [1.54, 1.807) is 17.8 Å². The number of aliphatic hydroxyl groups is 1. The highest BCUT2D eigenvalue weighted by Gasteiger charge is 2.08. The number of hydrogen-bond donors (Lipinski definition) is 1. The van der Waals surface area contributed by atoms with Crippen molar-refractivity contribution in [2.75, 3.05) is 0 Å². The minimum atomic E-state index is -0.0142. The minimum absolute atomic E-state index is 0.0142. The molecular formula is C12H13ClN2OS. The maximum Gasteiger partial charge on any atom is 0.0987 e. The van der Waals surface area contributed by atoms with Crippen LogP contribution in [-0.4, -0.2) is 14.9 Å². The lowest BCUT2D eigenvalue weighted by Gasteiger charge is -2.07. The molecule has 0 radical (unpaired) electrons. The Morgan fingerprint density at radius 1 is 1.41 bits per heavy atom. The highest BCUT2D eigenvalue weighted by atomic mass is 35.5. The van der Waals surface area contributed by atoms with Gasteiger partial charge in [-0.15, -0.1) is 0 Å². The van der Waals surface area contributed by atoms with Gasteiger partial charge >= 0.3 is 0 Å². The van der Waals surface area contributed by atoms with Crippen molar-refractivity contribution < 1.29 is 5.11 Å². The number of rotatable bonds is 3. The lowest BCUT2D eigenvalue weighted by molar-refractivity contribution is 0.279. The summed E-state index contributed by atoms with van der Waals surface area (Å²) in [5.74, 6) is 0. The quantitative estimate of drug-likeness (QED) is 0.930. The van der Waals surface area contributed by atoms with Crippen molar-refractivity contribution in [2.45, 2.75) is 23.5 Å². The summed E-state index contributed by atoms with van der Waals surface area (Å²) in [7, 11) is 1.91. The zero-order valence-corrected chi connectivity index (χ0v) is 11.2. The number of aliphatic hydroxyl groups excluding tert-OH is 1. The van der Waals surface area contributed by atoms with Crippen LogP contribution < -0.4 is 0 Å². The van der Waals surface area contributed by atoms with Gasteiger partial charge in [-0.1, -0.05) is 23.4 Å². The molecule has 1 heterocycles. The fourth-order valence-corrected chi connectivity index (χ4v) is 2.78. The number of aromatic nitrogens is 2. The second kappa shape index (κ2) is 5.12. The minimum Gasteiger partial charge on any atom is -0.392 e. The molecule has 1 N–H and O–H groups in total. The lowest BCUT2D eigenvalue weighted by atomic mass is 10.2. The van der Waals surface area contributed by atoms with Crippen LogP contribution in [0.3, 0.4) is 0 Å². The molecule has 17 heavy (non-hydrogen) atoms. The van der Waals surface area contributed by atoms with E-state index in [9.17, 15) is 5.11 Å². The summed E-state index contributed by atoms with van der Waals surface area (Å²) >= 11 is 7.47. The molecule has 0 aliphatic heterocycles. The summed E-state index contributed by atoms with van der Waals surface area (Å²) in [5.41, 5.74) is 1.82. The third kappa shape index (κ3) is 2.83. The molecule has 0 spiro atoms. The largest absolute Gasteiger partial charge is 0.392 e. The van der Waals surface area contributed by atoms with Gasteiger partial charge in [0.15, 0.2) is 0 Å². The average molecular weight is 269 g/mol. The van der Waals surface area contributed by atoms with E-state index in [1.165, 1.54) is 0 Å². The summed E-state index contributed by atoms with van der Waals surface area (Å²) < 4.78 is 1.83.